The maximum absolute atomic E-state index is 10.5. The van der Waals surface area contributed by atoms with Crippen molar-refractivity contribution in [2.45, 2.75) is 36.5 Å². The molecule has 0 saturated carbocycles. The molecule has 3 N–H and O–H groups in total. The van der Waals surface area contributed by atoms with Gasteiger partial charge in [-0.3, -0.25) is 0 Å². The summed E-state index contributed by atoms with van der Waals surface area (Å²) in [5.74, 6) is 0.908. The summed E-state index contributed by atoms with van der Waals surface area (Å²) >= 11 is 0. The van der Waals surface area contributed by atoms with E-state index in [4.69, 9.17) is 4.74 Å². The molecule has 6 nitrogen and oxygen atoms in total. The minimum atomic E-state index is -0.702. The fraction of sp³-hybridized carbons (Fsp3) is 0.529. The number of phenols is 1. The molecule has 1 saturated heterocycles. The molecule has 5 rings (SSSR count). The van der Waals surface area contributed by atoms with Gasteiger partial charge >= 0.3 is 0 Å². The third kappa shape index (κ3) is 1.40. The van der Waals surface area contributed by atoms with Gasteiger partial charge in [0, 0.05) is 34.6 Å². The van der Waals surface area contributed by atoms with E-state index in [-0.39, 0.29) is 28.9 Å². The summed E-state index contributed by atoms with van der Waals surface area (Å²) in [6.07, 6.45) is 4.38. The largest absolute Gasteiger partial charge is 0.504 e. The number of aliphatic hydroxyl groups excluding tert-OH is 1. The second kappa shape index (κ2) is 4.20. The number of aromatic hydroxyl groups is 1. The number of piperidine rings is 1. The smallest absolute Gasteiger partial charge is 0.172 e. The molecule has 2 heterocycles. The van der Waals surface area contributed by atoms with Crippen LogP contribution in [0.4, 0.5) is 0 Å². The minimum absolute atomic E-state index is 0.0418. The first-order valence-electron chi connectivity index (χ1n) is 8.02. The van der Waals surface area contributed by atoms with Crippen LogP contribution < -0.4 is 9.62 Å². The number of hydrogen-bond acceptors (Lipinski definition) is 6. The molecule has 0 radical (unpaired) electrons. The Labute approximate surface area is 133 Å². The first kappa shape index (κ1) is 13.7. The van der Waals surface area contributed by atoms with Crippen LogP contribution in [0, 0.1) is 5.92 Å². The number of aliphatic hydroxyl groups is 1. The standard InChI is InChI=1S/C17H19NO5/c1-18-5-4-17-9-2-3-11(19)16(17)22-15-12(20)7-13(23-21)8(14(15)17)6-10(9)18/h2-3,7,9-11,16,19-21H,4-6H2,1H3/t9-,10+,11-,16-,17-/m0/s1. The zero-order valence-electron chi connectivity index (χ0n) is 12.8. The predicted octanol–water partition coefficient (Wildman–Crippen LogP) is 1.05. The fourth-order valence-corrected chi connectivity index (χ4v) is 5.37. The van der Waals surface area contributed by atoms with E-state index in [9.17, 15) is 15.5 Å². The molecule has 4 aliphatic rings. The molecule has 0 unspecified atom stereocenters. The predicted molar refractivity (Wildman–Crippen MR) is 80.8 cm³/mol. The average Bonchev–Trinajstić information content (AvgIpc) is 2.89. The van der Waals surface area contributed by atoms with Crippen LogP contribution in [-0.2, 0) is 11.8 Å². The molecular formula is C17H19NO5. The van der Waals surface area contributed by atoms with Crippen molar-refractivity contribution in [3.63, 3.8) is 0 Å². The van der Waals surface area contributed by atoms with Gasteiger partial charge in [0.1, 0.15) is 12.2 Å². The molecule has 2 aliphatic heterocycles. The summed E-state index contributed by atoms with van der Waals surface area (Å²) in [5.41, 5.74) is 1.45. The number of nitrogens with zero attached hydrogens (tertiary/aromatic N) is 1. The van der Waals surface area contributed by atoms with E-state index in [0.29, 0.717) is 5.75 Å². The Balaban J connectivity index is 1.85. The van der Waals surface area contributed by atoms with E-state index in [2.05, 4.69) is 22.9 Å². The SMILES string of the molecule is CN1CC[C@]23c4c5c(OO)cc(O)c4O[C@H]2[C@@H](O)C=C[C@H]3[C@H]1C5. The van der Waals surface area contributed by atoms with Crippen molar-refractivity contribution in [1.82, 2.24) is 4.90 Å². The van der Waals surface area contributed by atoms with Crippen molar-refractivity contribution in [2.24, 2.45) is 5.92 Å². The van der Waals surface area contributed by atoms with Gasteiger partial charge in [0.05, 0.1) is 0 Å². The highest BCUT2D eigenvalue weighted by atomic mass is 17.1. The molecule has 2 aliphatic carbocycles. The molecule has 0 amide bonds. The van der Waals surface area contributed by atoms with E-state index >= 15 is 0 Å². The normalized spacial score (nSPS) is 39.8. The van der Waals surface area contributed by atoms with E-state index < -0.39 is 12.2 Å². The minimum Gasteiger partial charge on any atom is -0.504 e. The van der Waals surface area contributed by atoms with Gasteiger partial charge < -0.3 is 24.7 Å². The van der Waals surface area contributed by atoms with Gasteiger partial charge in [-0.25, -0.2) is 5.26 Å². The third-order valence-electron chi connectivity index (χ3n) is 6.34. The number of benzene rings is 1. The first-order valence-corrected chi connectivity index (χ1v) is 8.02. The number of hydrogen-bond donors (Lipinski definition) is 3. The van der Waals surface area contributed by atoms with Crippen LogP contribution in [0.2, 0.25) is 0 Å². The van der Waals surface area contributed by atoms with Gasteiger partial charge in [0.2, 0.25) is 0 Å². The summed E-state index contributed by atoms with van der Waals surface area (Å²) in [6, 6.07) is 1.66. The van der Waals surface area contributed by atoms with Gasteiger partial charge in [0.25, 0.3) is 0 Å². The summed E-state index contributed by atoms with van der Waals surface area (Å²) < 4.78 is 6.05. The summed E-state index contributed by atoms with van der Waals surface area (Å²) in [7, 11) is 2.10. The van der Waals surface area contributed by atoms with Crippen molar-refractivity contribution in [3.8, 4) is 17.2 Å². The van der Waals surface area contributed by atoms with Crippen molar-refractivity contribution in [1.29, 1.82) is 0 Å². The molecule has 122 valence electrons. The molecular weight excluding hydrogens is 298 g/mol. The summed E-state index contributed by atoms with van der Waals surface area (Å²) in [5, 5.41) is 30.1. The van der Waals surface area contributed by atoms with Crippen LogP contribution in [0.5, 0.6) is 17.2 Å². The maximum atomic E-state index is 10.5. The van der Waals surface area contributed by atoms with Crippen LogP contribution in [0.15, 0.2) is 18.2 Å². The van der Waals surface area contributed by atoms with Gasteiger partial charge in [-0.1, -0.05) is 12.2 Å². The molecule has 1 spiro atoms. The maximum Gasteiger partial charge on any atom is 0.172 e. The summed E-state index contributed by atoms with van der Waals surface area (Å²) in [4.78, 5) is 6.88. The highest BCUT2D eigenvalue weighted by Gasteiger charge is 2.64. The van der Waals surface area contributed by atoms with Gasteiger partial charge in [-0.2, -0.15) is 0 Å². The molecule has 1 aromatic carbocycles. The highest BCUT2D eigenvalue weighted by Crippen LogP contribution is 2.63. The number of rotatable bonds is 1. The molecule has 2 bridgehead atoms. The van der Waals surface area contributed by atoms with E-state index in [0.717, 1.165) is 30.5 Å². The van der Waals surface area contributed by atoms with Crippen LogP contribution in [-0.4, -0.2) is 52.2 Å². The monoisotopic (exact) mass is 317 g/mol. The molecule has 6 heteroatoms. The van der Waals surface area contributed by atoms with Gasteiger partial charge in [0.15, 0.2) is 17.2 Å². The van der Waals surface area contributed by atoms with Crippen molar-refractivity contribution in [2.75, 3.05) is 13.6 Å². The average molecular weight is 317 g/mol. The zero-order chi connectivity index (χ0) is 15.9. The van der Waals surface area contributed by atoms with E-state index in [1.807, 2.05) is 6.08 Å². The molecule has 0 aromatic heterocycles. The number of likely N-dealkylation sites (N-methyl/N-ethyl adjacent to an activating group) is 1. The number of ether oxygens (including phenoxy) is 1. The molecule has 1 fully saturated rings. The third-order valence-corrected chi connectivity index (χ3v) is 6.34. The second-order valence-corrected chi connectivity index (χ2v) is 7.15. The van der Waals surface area contributed by atoms with Crippen LogP contribution in [0.1, 0.15) is 17.5 Å². The second-order valence-electron chi connectivity index (χ2n) is 7.15. The fourth-order valence-electron chi connectivity index (χ4n) is 5.37. The van der Waals surface area contributed by atoms with Crippen molar-refractivity contribution in [3.05, 3.63) is 29.3 Å². The number of phenolic OH excluding ortho intramolecular Hbond substituents is 1. The molecule has 5 atom stereocenters. The van der Waals surface area contributed by atoms with Crippen molar-refractivity contribution < 1.29 is 25.1 Å². The van der Waals surface area contributed by atoms with Crippen LogP contribution >= 0.6 is 0 Å². The Morgan fingerprint density at radius 1 is 1.39 bits per heavy atom. The zero-order valence-corrected chi connectivity index (χ0v) is 12.8. The van der Waals surface area contributed by atoms with Gasteiger partial charge in [-0.15, -0.1) is 0 Å². The Bertz CT molecular complexity index is 732. The number of likely N-dealkylation sites (tertiary alicyclic amines) is 1. The van der Waals surface area contributed by atoms with Crippen LogP contribution in [0.3, 0.4) is 0 Å². The van der Waals surface area contributed by atoms with Crippen LogP contribution in [0.25, 0.3) is 0 Å². The first-order chi connectivity index (χ1) is 11.1. The topological polar surface area (TPSA) is 82.4 Å². The Morgan fingerprint density at radius 3 is 3.00 bits per heavy atom. The lowest BCUT2D eigenvalue weighted by molar-refractivity contribution is -0.139. The Kier molecular flexibility index (Phi) is 2.49. The summed E-state index contributed by atoms with van der Waals surface area (Å²) in [6.45, 7) is 0.908. The quantitative estimate of drug-likeness (QED) is 0.408. The highest BCUT2D eigenvalue weighted by molar-refractivity contribution is 5.65. The molecule has 23 heavy (non-hydrogen) atoms. The lowest BCUT2D eigenvalue weighted by Crippen LogP contribution is -2.64. The van der Waals surface area contributed by atoms with E-state index in [1.165, 1.54) is 6.07 Å². The molecule has 1 aromatic rings. The Morgan fingerprint density at radius 2 is 2.22 bits per heavy atom. The lowest BCUT2D eigenvalue weighted by Gasteiger charge is -2.56. The van der Waals surface area contributed by atoms with E-state index in [1.54, 1.807) is 0 Å². The Hall–Kier alpha value is -1.76. The van der Waals surface area contributed by atoms with Gasteiger partial charge in [-0.05, 0) is 26.4 Å². The van der Waals surface area contributed by atoms with Crippen molar-refractivity contribution >= 4 is 0 Å². The lowest BCUT2D eigenvalue weighted by atomic mass is 9.53.